The number of nitrogens with one attached hydrogen (secondary N) is 1. The number of rotatable bonds is 6. The minimum Gasteiger partial charge on any atom is -0.496 e. The highest BCUT2D eigenvalue weighted by Gasteiger charge is 2.32. The normalized spacial score (nSPS) is 22.4. The van der Waals surface area contributed by atoms with Crippen LogP contribution in [0.3, 0.4) is 0 Å². The van der Waals surface area contributed by atoms with Crippen molar-refractivity contribution in [1.29, 1.82) is 0 Å². The lowest BCUT2D eigenvalue weighted by Crippen LogP contribution is -2.28. The van der Waals surface area contributed by atoms with Crippen LogP contribution in [0.4, 0.5) is 5.69 Å². The zero-order valence-electron chi connectivity index (χ0n) is 20.5. The molecule has 0 saturated heterocycles. The number of ether oxygens (including phenoxy) is 1. The summed E-state index contributed by atoms with van der Waals surface area (Å²) in [5, 5.41) is 3.05. The molecule has 1 amide bonds. The number of amides is 1. The van der Waals surface area contributed by atoms with Crippen molar-refractivity contribution in [3.63, 3.8) is 0 Å². The van der Waals surface area contributed by atoms with E-state index in [1.165, 1.54) is 0 Å². The molecular weight excluding hydrogens is 426 g/mol. The number of aryl methyl sites for hydroxylation is 2. The minimum atomic E-state index is 0.00640. The number of methoxy groups -OCH3 is 1. The lowest BCUT2D eigenvalue weighted by Gasteiger charge is -2.30. The van der Waals surface area contributed by atoms with E-state index in [-0.39, 0.29) is 23.5 Å². The Morgan fingerprint density at radius 1 is 1.06 bits per heavy atom. The molecule has 4 rings (SSSR count). The minimum absolute atomic E-state index is 0.00640. The second-order valence-electron chi connectivity index (χ2n) is 10.1. The first-order valence-corrected chi connectivity index (χ1v) is 12.5. The van der Waals surface area contributed by atoms with Crippen LogP contribution in [0.5, 0.6) is 5.75 Å². The van der Waals surface area contributed by atoms with Gasteiger partial charge in [-0.1, -0.05) is 6.07 Å². The van der Waals surface area contributed by atoms with Crippen LogP contribution in [-0.4, -0.2) is 25.1 Å². The van der Waals surface area contributed by atoms with Crippen molar-refractivity contribution < 1.29 is 19.1 Å². The fraction of sp³-hybridized carbons (Fsp3) is 0.483. The number of carbonyl (C=O) groups excluding carboxylic acids is 3. The van der Waals surface area contributed by atoms with Crippen molar-refractivity contribution in [2.24, 2.45) is 17.8 Å². The Bertz CT molecular complexity index is 1080. The molecule has 34 heavy (non-hydrogen) atoms. The van der Waals surface area contributed by atoms with Crippen LogP contribution >= 0.6 is 0 Å². The molecule has 1 fully saturated rings. The van der Waals surface area contributed by atoms with E-state index in [4.69, 9.17) is 4.74 Å². The highest BCUT2D eigenvalue weighted by Crippen LogP contribution is 2.37. The first kappa shape index (κ1) is 24.2. The molecule has 0 bridgehead atoms. The molecule has 0 heterocycles. The summed E-state index contributed by atoms with van der Waals surface area (Å²) in [5.41, 5.74) is 5.31. The van der Waals surface area contributed by atoms with Gasteiger partial charge < -0.3 is 10.1 Å². The number of carbonyl (C=O) groups is 3. The van der Waals surface area contributed by atoms with E-state index in [2.05, 4.69) is 5.32 Å². The number of aldehydes is 1. The SMILES string of the molecule is COc1cc(NC(=O)C2CCC(CC3CCCc4c(C)cc(C=O)cc4C3=O)CC2)ccc1C. The Kier molecular flexibility index (Phi) is 7.50. The summed E-state index contributed by atoms with van der Waals surface area (Å²) in [6, 6.07) is 9.41. The number of ketones is 1. The van der Waals surface area contributed by atoms with Gasteiger partial charge in [-0.15, -0.1) is 0 Å². The molecule has 180 valence electrons. The number of hydrogen-bond acceptors (Lipinski definition) is 4. The lowest BCUT2D eigenvalue weighted by molar-refractivity contribution is -0.121. The first-order valence-electron chi connectivity index (χ1n) is 12.5. The third-order valence-corrected chi connectivity index (χ3v) is 7.76. The highest BCUT2D eigenvalue weighted by atomic mass is 16.5. The fourth-order valence-corrected chi connectivity index (χ4v) is 5.77. The molecule has 2 aliphatic carbocycles. The summed E-state index contributed by atoms with van der Waals surface area (Å²) < 4.78 is 5.36. The Hall–Kier alpha value is -2.95. The van der Waals surface area contributed by atoms with Gasteiger partial charge in [-0.3, -0.25) is 14.4 Å². The van der Waals surface area contributed by atoms with Crippen LogP contribution in [0.25, 0.3) is 0 Å². The van der Waals surface area contributed by atoms with Gasteiger partial charge >= 0.3 is 0 Å². The molecule has 5 heteroatoms. The standard InChI is InChI=1S/C29H35NO4/c1-18-7-12-24(16-27(18)34-3)30-29(33)22-10-8-20(9-11-22)14-23-5-4-6-25-19(2)13-21(17-31)15-26(25)28(23)32/h7,12-13,15-17,20,22-23H,4-6,8-11,14H2,1-3H3,(H,30,33). The van der Waals surface area contributed by atoms with Crippen molar-refractivity contribution in [2.75, 3.05) is 12.4 Å². The molecule has 2 aliphatic rings. The van der Waals surface area contributed by atoms with E-state index in [9.17, 15) is 14.4 Å². The quantitative estimate of drug-likeness (QED) is 0.417. The summed E-state index contributed by atoms with van der Waals surface area (Å²) in [6.07, 6.45) is 8.17. The van der Waals surface area contributed by atoms with Gasteiger partial charge in [0.2, 0.25) is 5.91 Å². The van der Waals surface area contributed by atoms with E-state index < -0.39 is 0 Å². The van der Waals surface area contributed by atoms with Gasteiger partial charge in [0.1, 0.15) is 12.0 Å². The molecule has 2 aromatic rings. The maximum Gasteiger partial charge on any atom is 0.227 e. The van der Waals surface area contributed by atoms with Crippen LogP contribution in [0.1, 0.15) is 82.4 Å². The van der Waals surface area contributed by atoms with Gasteiger partial charge in [0.25, 0.3) is 0 Å². The summed E-state index contributed by atoms with van der Waals surface area (Å²) in [6.45, 7) is 3.98. The molecule has 2 aromatic carbocycles. The predicted octanol–water partition coefficient (Wildman–Crippen LogP) is 6.09. The van der Waals surface area contributed by atoms with Crippen LogP contribution in [0.15, 0.2) is 30.3 Å². The molecule has 0 aromatic heterocycles. The van der Waals surface area contributed by atoms with Crippen LogP contribution in [0.2, 0.25) is 0 Å². The molecule has 1 N–H and O–H groups in total. The number of benzene rings is 2. The first-order chi connectivity index (χ1) is 16.4. The van der Waals surface area contributed by atoms with Crippen molar-refractivity contribution in [2.45, 2.75) is 65.2 Å². The number of hydrogen-bond donors (Lipinski definition) is 1. The van der Waals surface area contributed by atoms with Gasteiger partial charge in [0, 0.05) is 34.7 Å². The van der Waals surface area contributed by atoms with Crippen molar-refractivity contribution in [1.82, 2.24) is 0 Å². The predicted molar refractivity (Wildman–Crippen MR) is 134 cm³/mol. The molecule has 1 unspecified atom stereocenters. The summed E-state index contributed by atoms with van der Waals surface area (Å²) in [5.74, 6) is 1.53. The molecule has 0 aliphatic heterocycles. The van der Waals surface area contributed by atoms with E-state index in [0.717, 1.165) is 91.3 Å². The molecule has 5 nitrogen and oxygen atoms in total. The number of Topliss-reactive ketones (excluding diaryl/α,β-unsaturated/α-hetero) is 1. The van der Waals surface area contributed by atoms with E-state index in [0.29, 0.717) is 11.5 Å². The van der Waals surface area contributed by atoms with Crippen LogP contribution < -0.4 is 10.1 Å². The highest BCUT2D eigenvalue weighted by molar-refractivity contribution is 6.01. The smallest absolute Gasteiger partial charge is 0.227 e. The largest absolute Gasteiger partial charge is 0.496 e. The van der Waals surface area contributed by atoms with Crippen LogP contribution in [0, 0.1) is 31.6 Å². The topological polar surface area (TPSA) is 72.5 Å². The van der Waals surface area contributed by atoms with Crippen LogP contribution in [-0.2, 0) is 11.2 Å². The van der Waals surface area contributed by atoms with Gasteiger partial charge in [-0.25, -0.2) is 0 Å². The van der Waals surface area contributed by atoms with Gasteiger partial charge in [0.15, 0.2) is 5.78 Å². The average molecular weight is 462 g/mol. The maximum atomic E-state index is 13.4. The average Bonchev–Trinajstić information content (AvgIpc) is 3.00. The van der Waals surface area contributed by atoms with E-state index >= 15 is 0 Å². The summed E-state index contributed by atoms with van der Waals surface area (Å²) >= 11 is 0. The van der Waals surface area contributed by atoms with Gasteiger partial charge in [0.05, 0.1) is 7.11 Å². The fourth-order valence-electron chi connectivity index (χ4n) is 5.77. The number of anilines is 1. The second kappa shape index (κ2) is 10.5. The Labute approximate surface area is 202 Å². The lowest BCUT2D eigenvalue weighted by atomic mass is 9.76. The van der Waals surface area contributed by atoms with E-state index in [1.807, 2.05) is 38.1 Å². The van der Waals surface area contributed by atoms with Crippen molar-refractivity contribution in [3.8, 4) is 5.75 Å². The Morgan fingerprint density at radius 2 is 1.82 bits per heavy atom. The summed E-state index contributed by atoms with van der Waals surface area (Å²) in [7, 11) is 1.63. The molecule has 0 spiro atoms. The van der Waals surface area contributed by atoms with Gasteiger partial charge in [-0.2, -0.15) is 0 Å². The molecule has 1 atom stereocenters. The van der Waals surface area contributed by atoms with Crippen molar-refractivity contribution >= 4 is 23.7 Å². The molecule has 0 radical (unpaired) electrons. The maximum absolute atomic E-state index is 13.4. The third kappa shape index (κ3) is 5.24. The van der Waals surface area contributed by atoms with Gasteiger partial charge in [-0.05, 0) is 106 Å². The van der Waals surface area contributed by atoms with Crippen molar-refractivity contribution in [3.05, 3.63) is 58.1 Å². The summed E-state index contributed by atoms with van der Waals surface area (Å²) in [4.78, 5) is 37.6. The Balaban J connectivity index is 1.35. The number of fused-ring (bicyclic) bond motifs is 1. The third-order valence-electron chi connectivity index (χ3n) is 7.76. The second-order valence-corrected chi connectivity index (χ2v) is 10.1. The molecule has 1 saturated carbocycles. The van der Waals surface area contributed by atoms with E-state index in [1.54, 1.807) is 13.2 Å². The zero-order valence-corrected chi connectivity index (χ0v) is 20.5. The molecular formula is C29H35NO4. The monoisotopic (exact) mass is 461 g/mol. The Morgan fingerprint density at radius 3 is 2.53 bits per heavy atom. The zero-order chi connectivity index (χ0) is 24.2.